The smallest absolute Gasteiger partial charge is 0.323 e. The molecule has 0 aliphatic carbocycles. The molecule has 1 heterocycles. The number of carbonyl (C=O) groups excluding carboxylic acids is 1. The fourth-order valence-electron chi connectivity index (χ4n) is 2.04. The standard InChI is InChI=1S/C15H11BrFN3O2S/c16-8-5-11-12(20-15(22)19-11)6-10(8)18-14(21)7-23-13-4-2-1-3-9(13)17/h1-6H,7H2,(H,18,21)(H2,19,20,22). The monoisotopic (exact) mass is 395 g/mol. The lowest BCUT2D eigenvalue weighted by atomic mass is 10.3. The number of halogens is 2. The number of H-pyrrole nitrogens is 2. The van der Waals surface area contributed by atoms with Crippen molar-refractivity contribution in [3.05, 3.63) is 57.2 Å². The maximum absolute atomic E-state index is 13.5. The van der Waals surface area contributed by atoms with Gasteiger partial charge in [0, 0.05) is 9.37 Å². The van der Waals surface area contributed by atoms with Crippen molar-refractivity contribution in [3.63, 3.8) is 0 Å². The Morgan fingerprint density at radius 1 is 1.22 bits per heavy atom. The summed E-state index contributed by atoms with van der Waals surface area (Å²) in [7, 11) is 0. The number of fused-ring (bicyclic) bond motifs is 1. The van der Waals surface area contributed by atoms with Gasteiger partial charge >= 0.3 is 5.69 Å². The second-order valence-electron chi connectivity index (χ2n) is 4.72. The first-order valence-corrected chi connectivity index (χ1v) is 8.39. The highest BCUT2D eigenvalue weighted by atomic mass is 79.9. The Balaban J connectivity index is 1.71. The normalized spacial score (nSPS) is 10.9. The first-order valence-electron chi connectivity index (χ1n) is 6.61. The maximum atomic E-state index is 13.5. The zero-order chi connectivity index (χ0) is 16.4. The first-order chi connectivity index (χ1) is 11.0. The molecule has 0 aliphatic rings. The van der Waals surface area contributed by atoms with Gasteiger partial charge in [0.05, 0.1) is 22.5 Å². The summed E-state index contributed by atoms with van der Waals surface area (Å²) in [5.41, 5.74) is 1.45. The van der Waals surface area contributed by atoms with E-state index in [0.717, 1.165) is 11.8 Å². The SMILES string of the molecule is O=C(CSc1ccccc1F)Nc1cc2[nH]c(=O)[nH]c2cc1Br. The van der Waals surface area contributed by atoms with Gasteiger partial charge in [0.25, 0.3) is 0 Å². The van der Waals surface area contributed by atoms with Crippen LogP contribution in [0, 0.1) is 5.82 Å². The van der Waals surface area contributed by atoms with Crippen molar-refractivity contribution in [2.24, 2.45) is 0 Å². The van der Waals surface area contributed by atoms with Crippen LogP contribution in [-0.2, 0) is 4.79 Å². The summed E-state index contributed by atoms with van der Waals surface area (Å²) in [6, 6.07) is 9.65. The molecule has 0 bridgehead atoms. The van der Waals surface area contributed by atoms with Crippen LogP contribution in [0.1, 0.15) is 0 Å². The third-order valence-corrected chi connectivity index (χ3v) is 4.78. The maximum Gasteiger partial charge on any atom is 0.323 e. The largest absolute Gasteiger partial charge is 0.324 e. The highest BCUT2D eigenvalue weighted by molar-refractivity contribution is 9.10. The molecule has 3 N–H and O–H groups in total. The van der Waals surface area contributed by atoms with Gasteiger partial charge in [-0.05, 0) is 40.2 Å². The van der Waals surface area contributed by atoms with E-state index in [-0.39, 0.29) is 23.2 Å². The minimum absolute atomic E-state index is 0.0784. The van der Waals surface area contributed by atoms with Crippen LogP contribution in [-0.4, -0.2) is 21.6 Å². The van der Waals surface area contributed by atoms with Crippen molar-refractivity contribution < 1.29 is 9.18 Å². The van der Waals surface area contributed by atoms with Gasteiger partial charge in [0.2, 0.25) is 5.91 Å². The zero-order valence-electron chi connectivity index (χ0n) is 11.7. The van der Waals surface area contributed by atoms with Crippen molar-refractivity contribution in [1.82, 2.24) is 9.97 Å². The molecule has 0 aliphatic heterocycles. The number of aromatic nitrogens is 2. The van der Waals surface area contributed by atoms with Gasteiger partial charge in [0.1, 0.15) is 5.82 Å². The van der Waals surface area contributed by atoms with Crippen LogP contribution < -0.4 is 11.0 Å². The molecule has 1 aromatic heterocycles. The second-order valence-corrected chi connectivity index (χ2v) is 6.60. The molecule has 0 atom stereocenters. The quantitative estimate of drug-likeness (QED) is 0.591. The average Bonchev–Trinajstić information content (AvgIpc) is 2.86. The number of hydrogen-bond donors (Lipinski definition) is 3. The lowest BCUT2D eigenvalue weighted by Gasteiger charge is -2.08. The molecule has 0 spiro atoms. The zero-order valence-corrected chi connectivity index (χ0v) is 14.1. The molecule has 3 rings (SSSR count). The number of anilines is 1. The van der Waals surface area contributed by atoms with Crippen molar-refractivity contribution in [3.8, 4) is 0 Å². The lowest BCUT2D eigenvalue weighted by molar-refractivity contribution is -0.113. The van der Waals surface area contributed by atoms with Crippen LogP contribution in [0.5, 0.6) is 0 Å². The van der Waals surface area contributed by atoms with E-state index >= 15 is 0 Å². The van der Waals surface area contributed by atoms with Crippen molar-refractivity contribution in [2.75, 3.05) is 11.1 Å². The molecule has 118 valence electrons. The highest BCUT2D eigenvalue weighted by Crippen LogP contribution is 2.27. The number of benzene rings is 2. The predicted molar refractivity (Wildman–Crippen MR) is 92.4 cm³/mol. The minimum atomic E-state index is -0.349. The molecular weight excluding hydrogens is 385 g/mol. The van der Waals surface area contributed by atoms with E-state index in [4.69, 9.17) is 0 Å². The Kier molecular flexibility index (Phi) is 4.53. The van der Waals surface area contributed by atoms with Gasteiger partial charge < -0.3 is 15.3 Å². The molecular formula is C15H11BrFN3O2S. The number of nitrogens with one attached hydrogen (secondary N) is 3. The topological polar surface area (TPSA) is 77.8 Å². The van der Waals surface area contributed by atoms with E-state index in [2.05, 4.69) is 31.2 Å². The van der Waals surface area contributed by atoms with Crippen molar-refractivity contribution in [1.29, 1.82) is 0 Å². The van der Waals surface area contributed by atoms with Crippen molar-refractivity contribution >= 4 is 50.3 Å². The van der Waals surface area contributed by atoms with Gasteiger partial charge in [-0.15, -0.1) is 11.8 Å². The number of hydrogen-bond acceptors (Lipinski definition) is 3. The molecule has 0 saturated heterocycles. The Hall–Kier alpha value is -2.06. The number of aromatic amines is 2. The van der Waals surface area contributed by atoms with Crippen LogP contribution in [0.2, 0.25) is 0 Å². The molecule has 0 unspecified atom stereocenters. The summed E-state index contributed by atoms with van der Waals surface area (Å²) >= 11 is 4.47. The van der Waals surface area contributed by atoms with Gasteiger partial charge in [-0.3, -0.25) is 4.79 Å². The average molecular weight is 396 g/mol. The van der Waals surface area contributed by atoms with Crippen LogP contribution in [0.15, 0.2) is 50.6 Å². The summed E-state index contributed by atoms with van der Waals surface area (Å²) in [6.45, 7) is 0. The third-order valence-electron chi connectivity index (χ3n) is 3.07. The van der Waals surface area contributed by atoms with Crippen LogP contribution in [0.3, 0.4) is 0 Å². The molecule has 2 aromatic carbocycles. The predicted octanol–water partition coefficient (Wildman–Crippen LogP) is 3.49. The van der Waals surface area contributed by atoms with E-state index < -0.39 is 0 Å². The summed E-state index contributed by atoms with van der Waals surface area (Å²) in [6.07, 6.45) is 0. The number of carbonyl (C=O) groups is 1. The van der Waals surface area contributed by atoms with Gasteiger partial charge in [-0.25, -0.2) is 9.18 Å². The minimum Gasteiger partial charge on any atom is -0.324 e. The number of rotatable bonds is 4. The van der Waals surface area contributed by atoms with E-state index in [9.17, 15) is 14.0 Å². The molecule has 1 amide bonds. The second kappa shape index (κ2) is 6.59. The fraction of sp³-hybridized carbons (Fsp3) is 0.0667. The lowest BCUT2D eigenvalue weighted by Crippen LogP contribution is -2.14. The van der Waals surface area contributed by atoms with E-state index in [0.29, 0.717) is 26.1 Å². The van der Waals surface area contributed by atoms with Gasteiger partial charge in [-0.2, -0.15) is 0 Å². The Morgan fingerprint density at radius 3 is 2.65 bits per heavy atom. The molecule has 8 heteroatoms. The third kappa shape index (κ3) is 3.65. The summed E-state index contributed by atoms with van der Waals surface area (Å²) in [4.78, 5) is 29.0. The first kappa shape index (κ1) is 15.8. The van der Waals surface area contributed by atoms with Crippen LogP contribution in [0.4, 0.5) is 10.1 Å². The number of imidazole rings is 1. The van der Waals surface area contributed by atoms with Gasteiger partial charge in [-0.1, -0.05) is 12.1 Å². The molecule has 3 aromatic rings. The Morgan fingerprint density at radius 2 is 1.91 bits per heavy atom. The number of amides is 1. The molecule has 0 fully saturated rings. The Labute approximate surface area is 142 Å². The summed E-state index contributed by atoms with van der Waals surface area (Å²) in [5, 5.41) is 2.74. The molecule has 5 nitrogen and oxygen atoms in total. The highest BCUT2D eigenvalue weighted by Gasteiger charge is 2.10. The molecule has 0 saturated carbocycles. The van der Waals surface area contributed by atoms with E-state index in [1.807, 2.05) is 0 Å². The fourth-order valence-corrected chi connectivity index (χ4v) is 3.23. The van der Waals surface area contributed by atoms with E-state index in [1.54, 1.807) is 30.3 Å². The summed E-state index contributed by atoms with van der Waals surface area (Å²) in [5.74, 6) is -0.538. The van der Waals surface area contributed by atoms with Gasteiger partial charge in [0.15, 0.2) is 0 Å². The van der Waals surface area contributed by atoms with Crippen LogP contribution in [0.25, 0.3) is 11.0 Å². The number of thioether (sulfide) groups is 1. The Bertz CT molecular complexity index is 938. The van der Waals surface area contributed by atoms with E-state index in [1.165, 1.54) is 6.07 Å². The van der Waals surface area contributed by atoms with Crippen LogP contribution >= 0.6 is 27.7 Å². The van der Waals surface area contributed by atoms with Crippen molar-refractivity contribution in [2.45, 2.75) is 4.90 Å². The summed E-state index contributed by atoms with van der Waals surface area (Å²) < 4.78 is 14.2. The molecule has 0 radical (unpaired) electrons. The molecule has 23 heavy (non-hydrogen) atoms.